The minimum Gasteiger partial charge on any atom is -0.489 e. The van der Waals surface area contributed by atoms with E-state index >= 15 is 0 Å². The number of hydrogen-bond acceptors (Lipinski definition) is 2. The highest BCUT2D eigenvalue weighted by molar-refractivity contribution is 5.98. The lowest BCUT2D eigenvalue weighted by molar-refractivity contribution is 0.0172. The van der Waals surface area contributed by atoms with Crippen molar-refractivity contribution in [3.8, 4) is 5.75 Å². The van der Waals surface area contributed by atoms with E-state index in [0.29, 0.717) is 18.2 Å². The lowest BCUT2D eigenvalue weighted by Gasteiger charge is -2.13. The Bertz CT molecular complexity index is 1150. The predicted octanol–water partition coefficient (Wildman–Crippen LogP) is 7.57. The minimum atomic E-state index is -2.89. The second-order valence-electron chi connectivity index (χ2n) is 8.89. The predicted molar refractivity (Wildman–Crippen MR) is 140 cm³/mol. The lowest BCUT2D eigenvalue weighted by atomic mass is 10.0. The molecule has 0 atom stereocenters. The van der Waals surface area contributed by atoms with Gasteiger partial charge in [-0.25, -0.2) is 13.8 Å². The third kappa shape index (κ3) is 8.36. The topological polar surface area (TPSA) is 47.6 Å². The third-order valence-electron chi connectivity index (χ3n) is 5.79. The summed E-state index contributed by atoms with van der Waals surface area (Å²) in [4.78, 5) is 4.42. The Morgan fingerprint density at radius 1 is 0.943 bits per heavy atom. The normalized spacial score (nSPS) is 11.9. The first-order valence-electron chi connectivity index (χ1n) is 12.0. The molecule has 0 spiro atoms. The second kappa shape index (κ2) is 12.3. The van der Waals surface area contributed by atoms with Crippen molar-refractivity contribution in [2.75, 3.05) is 0 Å². The van der Waals surface area contributed by atoms with Gasteiger partial charge in [0.05, 0.1) is 0 Å². The number of ether oxygens (including phenoxy) is 1. The van der Waals surface area contributed by atoms with Crippen LogP contribution >= 0.6 is 0 Å². The largest absolute Gasteiger partial charge is 0.489 e. The van der Waals surface area contributed by atoms with Gasteiger partial charge in [0.15, 0.2) is 0 Å². The fourth-order valence-corrected chi connectivity index (χ4v) is 3.70. The monoisotopic (exact) mass is 476 g/mol. The van der Waals surface area contributed by atoms with Gasteiger partial charge in [0.1, 0.15) is 18.2 Å². The highest BCUT2D eigenvalue weighted by Crippen LogP contribution is 2.29. The molecule has 0 saturated heterocycles. The highest BCUT2D eigenvalue weighted by atomic mass is 19.3. The Labute approximate surface area is 207 Å². The van der Waals surface area contributed by atoms with Gasteiger partial charge in [-0.15, -0.1) is 0 Å². The van der Waals surface area contributed by atoms with Gasteiger partial charge < -0.3 is 10.5 Å². The molecule has 0 aromatic heterocycles. The molecule has 5 heteroatoms. The first-order valence-corrected chi connectivity index (χ1v) is 12.0. The van der Waals surface area contributed by atoms with E-state index in [1.54, 1.807) is 12.1 Å². The lowest BCUT2D eigenvalue weighted by Crippen LogP contribution is -2.13. The van der Waals surface area contributed by atoms with Crippen molar-refractivity contribution in [3.05, 3.63) is 113 Å². The summed E-state index contributed by atoms with van der Waals surface area (Å²) in [5.74, 6) is -1.95. The van der Waals surface area contributed by atoms with Gasteiger partial charge in [-0.3, -0.25) is 0 Å². The van der Waals surface area contributed by atoms with E-state index in [1.807, 2.05) is 24.3 Å². The first-order chi connectivity index (χ1) is 16.7. The van der Waals surface area contributed by atoms with Crippen molar-refractivity contribution >= 4 is 5.84 Å². The quantitative estimate of drug-likeness (QED) is 0.216. The summed E-state index contributed by atoms with van der Waals surface area (Å²) in [6.45, 7) is 7.33. The molecule has 3 aromatic rings. The molecule has 0 saturated carbocycles. The summed E-state index contributed by atoms with van der Waals surface area (Å²) in [6, 6.07) is 22.4. The van der Waals surface area contributed by atoms with Crippen molar-refractivity contribution in [2.24, 2.45) is 10.7 Å². The Morgan fingerprint density at radius 2 is 1.63 bits per heavy atom. The minimum absolute atomic E-state index is 0.0516. The number of halogens is 2. The fourth-order valence-electron chi connectivity index (χ4n) is 3.70. The van der Waals surface area contributed by atoms with Crippen molar-refractivity contribution in [3.63, 3.8) is 0 Å². The van der Waals surface area contributed by atoms with Crippen molar-refractivity contribution in [2.45, 2.75) is 58.5 Å². The number of aryl methyl sites for hydroxylation is 2. The number of hydrogen-bond donors (Lipinski definition) is 1. The smallest absolute Gasteiger partial charge is 0.270 e. The van der Waals surface area contributed by atoms with Gasteiger partial charge >= 0.3 is 0 Å². The molecule has 35 heavy (non-hydrogen) atoms. The second-order valence-corrected chi connectivity index (χ2v) is 8.89. The molecular weight excluding hydrogens is 442 g/mol. The Kier molecular flexibility index (Phi) is 9.18. The van der Waals surface area contributed by atoms with Crippen LogP contribution in [-0.4, -0.2) is 5.84 Å². The summed E-state index contributed by atoms with van der Waals surface area (Å²) in [7, 11) is 0. The molecule has 0 unspecified atom stereocenters. The van der Waals surface area contributed by atoms with Crippen molar-refractivity contribution in [1.82, 2.24) is 0 Å². The molecule has 0 bridgehead atoms. The molecule has 0 aliphatic heterocycles. The van der Waals surface area contributed by atoms with Crippen LogP contribution in [0.1, 0.15) is 60.9 Å². The molecule has 3 nitrogen and oxygen atoms in total. The van der Waals surface area contributed by atoms with Crippen LogP contribution in [0, 0.1) is 0 Å². The maximum atomic E-state index is 13.6. The molecule has 0 heterocycles. The van der Waals surface area contributed by atoms with Crippen LogP contribution in [-0.2, 0) is 25.4 Å². The summed E-state index contributed by atoms with van der Waals surface area (Å²) >= 11 is 0. The molecule has 0 aliphatic carbocycles. The first kappa shape index (κ1) is 26.1. The molecule has 3 rings (SSSR count). The van der Waals surface area contributed by atoms with E-state index in [4.69, 9.17) is 10.5 Å². The number of unbranched alkanes of at least 4 members (excludes halogenated alkanes) is 1. The van der Waals surface area contributed by atoms with Crippen LogP contribution in [0.3, 0.4) is 0 Å². The summed E-state index contributed by atoms with van der Waals surface area (Å²) in [6.07, 6.45) is 4.79. The van der Waals surface area contributed by atoms with Gasteiger partial charge in [-0.05, 0) is 54.5 Å². The molecule has 3 aromatic carbocycles. The van der Waals surface area contributed by atoms with Gasteiger partial charge in [0, 0.05) is 23.7 Å². The zero-order chi connectivity index (χ0) is 25.3. The maximum Gasteiger partial charge on any atom is 0.270 e. The fraction of sp³-hybridized carbons (Fsp3) is 0.300. The number of nitrogens with zero attached hydrogens (tertiary/aromatic N) is 1. The number of alkyl halides is 2. The van der Waals surface area contributed by atoms with E-state index < -0.39 is 5.92 Å². The standard InChI is InChI=1S/C30H34F2N2O/c1-4-5-8-22(2)34-29(33)26-17-15-23(16-18-26)13-14-24-9-6-10-25(19-24)21-35-28-12-7-11-27(20-28)30(3,31)32/h6-7,9-12,15-20H,2,4-5,8,13-14,21H2,1,3H3,(H2,33,34). The highest BCUT2D eigenvalue weighted by Gasteiger charge is 2.24. The molecule has 0 amide bonds. The number of nitrogens with two attached hydrogens (primary N) is 1. The van der Waals surface area contributed by atoms with Crippen LogP contribution < -0.4 is 10.5 Å². The van der Waals surface area contributed by atoms with Gasteiger partial charge in [-0.1, -0.05) is 80.6 Å². The van der Waals surface area contributed by atoms with Crippen molar-refractivity contribution in [1.29, 1.82) is 0 Å². The van der Waals surface area contributed by atoms with E-state index in [1.165, 1.54) is 23.3 Å². The molecule has 2 N–H and O–H groups in total. The Balaban J connectivity index is 1.55. The van der Waals surface area contributed by atoms with Crippen LogP contribution in [0.25, 0.3) is 0 Å². The number of aliphatic imine (C=N–C) groups is 1. The summed E-state index contributed by atoms with van der Waals surface area (Å²) in [5, 5.41) is 0. The van der Waals surface area contributed by atoms with E-state index in [0.717, 1.165) is 55.9 Å². The van der Waals surface area contributed by atoms with Crippen LogP contribution in [0.15, 0.2) is 90.1 Å². The summed E-state index contributed by atoms with van der Waals surface area (Å²) < 4.78 is 32.9. The number of amidine groups is 1. The van der Waals surface area contributed by atoms with Gasteiger partial charge in [-0.2, -0.15) is 0 Å². The zero-order valence-electron chi connectivity index (χ0n) is 20.6. The number of benzene rings is 3. The molecule has 0 fully saturated rings. The van der Waals surface area contributed by atoms with Crippen LogP contribution in [0.5, 0.6) is 5.75 Å². The summed E-state index contributed by atoms with van der Waals surface area (Å²) in [5.41, 5.74) is 11.2. The van der Waals surface area contributed by atoms with Gasteiger partial charge in [0.25, 0.3) is 5.92 Å². The van der Waals surface area contributed by atoms with E-state index in [2.05, 4.69) is 42.8 Å². The molecular formula is C30H34F2N2O. The maximum absolute atomic E-state index is 13.6. The Morgan fingerprint density at radius 3 is 2.34 bits per heavy atom. The number of allylic oxidation sites excluding steroid dienone is 1. The van der Waals surface area contributed by atoms with Crippen molar-refractivity contribution < 1.29 is 13.5 Å². The van der Waals surface area contributed by atoms with E-state index in [9.17, 15) is 8.78 Å². The SMILES string of the molecule is C=C(CCCC)N=C(N)c1ccc(CCc2cccc(COc3cccc(C(C)(F)F)c3)c2)cc1. The van der Waals surface area contributed by atoms with E-state index in [-0.39, 0.29) is 5.56 Å². The van der Waals surface area contributed by atoms with Crippen LogP contribution in [0.2, 0.25) is 0 Å². The van der Waals surface area contributed by atoms with Crippen LogP contribution in [0.4, 0.5) is 8.78 Å². The molecule has 184 valence electrons. The van der Waals surface area contributed by atoms with Gasteiger partial charge in [0.2, 0.25) is 0 Å². The zero-order valence-corrected chi connectivity index (χ0v) is 20.6. The molecule has 0 aliphatic rings. The average molecular weight is 477 g/mol. The Hall–Kier alpha value is -3.47. The number of rotatable bonds is 12. The third-order valence-corrected chi connectivity index (χ3v) is 5.79. The average Bonchev–Trinajstić information content (AvgIpc) is 2.85. The molecule has 0 radical (unpaired) electrons.